The van der Waals surface area contributed by atoms with Crippen molar-refractivity contribution in [2.45, 2.75) is 147 Å². The van der Waals surface area contributed by atoms with E-state index in [1.165, 1.54) is 59.9 Å². The SMILES string of the molecule is CC[C@H]1OC(=O)[C@H](C)[C@@H](O[C@H]2C[C@@](C)(OC)[C@@H](O)[C@H](C)O2)[C@H](C)[C@@H](OC(=O)Oc2ccc3c(c2)Oc2cc(N(C)c4ccccc4)ccc2C32OC(=O)c3c(Cl)c(Cl)c(Cl)c(Cl)c32)[C@](C)(O)C[C@@H](C)C(=O)[C@H](C)[C@@H](O)[C@]1(C)O. The number of methoxy groups -OCH3 is 1. The number of nitrogens with zero attached hydrogens (tertiary/aromatic N) is 1. The van der Waals surface area contributed by atoms with Gasteiger partial charge in [0, 0.05) is 78.5 Å². The number of Topliss-reactive ketones (excluding diaryl/α,β-unsaturated/α-hetero) is 1. The zero-order valence-electron chi connectivity index (χ0n) is 45.0. The number of hydrogen-bond acceptors (Lipinski definition) is 17. The number of rotatable bonds is 8. The van der Waals surface area contributed by atoms with Crippen molar-refractivity contribution >= 4 is 81.7 Å². The predicted molar refractivity (Wildman–Crippen MR) is 289 cm³/mol. The molecule has 1 spiro atoms. The molecule has 0 amide bonds. The number of ketones is 1. The normalized spacial score (nSPS) is 34.1. The van der Waals surface area contributed by atoms with E-state index in [0.717, 1.165) is 5.69 Å². The molecule has 2 fully saturated rings. The van der Waals surface area contributed by atoms with Gasteiger partial charge in [0.2, 0.25) is 0 Å². The molecule has 4 aliphatic rings. The van der Waals surface area contributed by atoms with Gasteiger partial charge < -0.3 is 63.2 Å². The van der Waals surface area contributed by atoms with Gasteiger partial charge in [-0.25, -0.2) is 9.59 Å². The Morgan fingerprint density at radius 1 is 0.795 bits per heavy atom. The molecule has 0 aromatic heterocycles. The number of cyclic esters (lactones) is 1. The zero-order valence-corrected chi connectivity index (χ0v) is 48.0. The van der Waals surface area contributed by atoms with Crippen LogP contribution in [0.5, 0.6) is 17.2 Å². The van der Waals surface area contributed by atoms with Crippen molar-refractivity contribution in [1.82, 2.24) is 0 Å². The van der Waals surface area contributed by atoms with E-state index in [4.69, 9.17) is 84.3 Å². The largest absolute Gasteiger partial charge is 0.514 e. The Labute approximate surface area is 472 Å². The molecule has 15 atom stereocenters. The monoisotopic (exact) mass is 1160 g/mol. The van der Waals surface area contributed by atoms with Crippen LogP contribution in [0.3, 0.4) is 0 Å². The third-order valence-corrected chi connectivity index (χ3v) is 18.0. The van der Waals surface area contributed by atoms with Crippen LogP contribution in [0.4, 0.5) is 16.2 Å². The molecule has 2 saturated heterocycles. The molecule has 78 heavy (non-hydrogen) atoms. The Hall–Kier alpha value is -4.76. The zero-order chi connectivity index (χ0) is 57.3. The van der Waals surface area contributed by atoms with Gasteiger partial charge in [0.1, 0.15) is 46.9 Å². The summed E-state index contributed by atoms with van der Waals surface area (Å²) in [6.07, 6.45) is -10.8. The van der Waals surface area contributed by atoms with Crippen molar-refractivity contribution in [3.63, 3.8) is 0 Å². The number of aliphatic hydroxyl groups is 4. The first kappa shape index (κ1) is 59.4. The minimum absolute atomic E-state index is 0.0338. The molecule has 0 aliphatic carbocycles. The highest BCUT2D eigenvalue weighted by Gasteiger charge is 2.58. The van der Waals surface area contributed by atoms with Gasteiger partial charge in [-0.2, -0.15) is 0 Å². The first-order chi connectivity index (χ1) is 36.5. The standard InChI is InChI=1S/C57H65Cl4NO16/c1-12-38-56(9,70)48(64)27(3)46(63)26(2)24-54(7,69)50(28(4)47(29(5)51(66)75-38)76-39-25-55(8,71-11)49(65)30(6)72-39)77-53(68)73-33-19-21-35-37(23-33)74-36-22-32(62(10)31-16-14-13-15-17-31)18-20-34(36)57(35)41-40(52(67)78-57)42(58)44(60)45(61)43(41)59/h13-23,26-30,38-39,47-50,64-65,69-70H,12,24-25H2,1-11H3/t26-,27+,28+,29-,30+,38-,39+,47+,48-,49+,50-,54-,55-,56-,57?/m1/s1. The summed E-state index contributed by atoms with van der Waals surface area (Å²) < 4.78 is 49.5. The van der Waals surface area contributed by atoms with Crippen molar-refractivity contribution in [3.8, 4) is 17.2 Å². The number of esters is 2. The van der Waals surface area contributed by atoms with Gasteiger partial charge in [-0.15, -0.1) is 0 Å². The minimum Gasteiger partial charge on any atom is -0.459 e. The van der Waals surface area contributed by atoms with E-state index in [1.54, 1.807) is 39.8 Å². The maximum atomic E-state index is 14.5. The summed E-state index contributed by atoms with van der Waals surface area (Å²) >= 11 is 26.9. The third-order valence-electron chi connectivity index (χ3n) is 16.2. The van der Waals surface area contributed by atoms with Crippen molar-refractivity contribution in [3.05, 3.63) is 109 Å². The summed E-state index contributed by atoms with van der Waals surface area (Å²) in [5, 5.41) is 46.5. The molecule has 1 unspecified atom stereocenters. The number of para-hydroxylation sites is 1. The van der Waals surface area contributed by atoms with E-state index in [2.05, 4.69) is 0 Å². The van der Waals surface area contributed by atoms with Crippen LogP contribution in [0, 0.1) is 23.7 Å². The molecule has 422 valence electrons. The number of hydrogen-bond donors (Lipinski definition) is 4. The highest BCUT2D eigenvalue weighted by atomic mass is 35.5. The lowest BCUT2D eigenvalue weighted by Gasteiger charge is -2.47. The number of ether oxygens (including phenoxy) is 8. The smallest absolute Gasteiger partial charge is 0.459 e. The molecule has 21 heteroatoms. The average Bonchev–Trinajstić information content (AvgIpc) is 3.97. The minimum atomic E-state index is -2.12. The first-order valence-electron chi connectivity index (χ1n) is 25.7. The molecule has 4 heterocycles. The maximum absolute atomic E-state index is 14.5. The number of fused-ring (bicyclic) bond motifs is 6. The summed E-state index contributed by atoms with van der Waals surface area (Å²) in [4.78, 5) is 59.0. The highest BCUT2D eigenvalue weighted by Crippen LogP contribution is 2.61. The van der Waals surface area contributed by atoms with E-state index in [1.807, 2.05) is 48.3 Å². The Balaban J connectivity index is 1.19. The summed E-state index contributed by atoms with van der Waals surface area (Å²) in [6, 6.07) is 19.0. The summed E-state index contributed by atoms with van der Waals surface area (Å²) in [7, 11) is 3.29. The number of aliphatic hydroxyl groups excluding tert-OH is 2. The molecule has 8 rings (SSSR count). The predicted octanol–water partition coefficient (Wildman–Crippen LogP) is 10.5. The molecular formula is C57H65Cl4NO16. The molecule has 4 aliphatic heterocycles. The van der Waals surface area contributed by atoms with Crippen LogP contribution in [0.2, 0.25) is 20.1 Å². The molecule has 4 N–H and O–H groups in total. The van der Waals surface area contributed by atoms with Crippen LogP contribution in [0.25, 0.3) is 0 Å². The Kier molecular flexibility index (Phi) is 17.0. The third kappa shape index (κ3) is 10.5. The lowest BCUT2D eigenvalue weighted by Crippen LogP contribution is -2.59. The molecular weight excluding hydrogens is 1100 g/mol. The fraction of sp³-hybridized carbons (Fsp3) is 0.509. The van der Waals surface area contributed by atoms with Crippen molar-refractivity contribution in [2.24, 2.45) is 23.7 Å². The van der Waals surface area contributed by atoms with E-state index >= 15 is 0 Å². The first-order valence-corrected chi connectivity index (χ1v) is 27.2. The lowest BCUT2D eigenvalue weighted by atomic mass is 9.74. The number of carbonyl (C=O) groups excluding carboxylic acids is 4. The van der Waals surface area contributed by atoms with Crippen molar-refractivity contribution in [1.29, 1.82) is 0 Å². The van der Waals surface area contributed by atoms with Gasteiger partial charge in [-0.05, 0) is 83.9 Å². The van der Waals surface area contributed by atoms with E-state index in [-0.39, 0.29) is 73.3 Å². The van der Waals surface area contributed by atoms with Crippen LogP contribution in [-0.2, 0) is 43.6 Å². The van der Waals surface area contributed by atoms with Gasteiger partial charge in [0.05, 0.1) is 61.1 Å². The second kappa shape index (κ2) is 22.3. The van der Waals surface area contributed by atoms with Gasteiger partial charge in [-0.3, -0.25) is 9.59 Å². The Morgan fingerprint density at radius 2 is 1.42 bits per heavy atom. The van der Waals surface area contributed by atoms with E-state index < -0.39 is 113 Å². The van der Waals surface area contributed by atoms with Crippen molar-refractivity contribution in [2.75, 3.05) is 19.1 Å². The number of anilines is 2. The molecule has 0 radical (unpaired) electrons. The molecule has 4 aromatic rings. The summed E-state index contributed by atoms with van der Waals surface area (Å²) in [5.41, 5.74) is -5.18. The Bertz CT molecular complexity index is 2980. The number of halogens is 4. The molecule has 0 saturated carbocycles. The number of carbonyl (C=O) groups is 4. The van der Waals surface area contributed by atoms with Crippen LogP contribution in [-0.4, -0.2) is 118 Å². The second-order valence-electron chi connectivity index (χ2n) is 21.6. The van der Waals surface area contributed by atoms with Crippen LogP contribution >= 0.6 is 46.4 Å². The van der Waals surface area contributed by atoms with Gasteiger partial charge in [-0.1, -0.05) is 92.3 Å². The number of benzene rings is 4. The fourth-order valence-corrected chi connectivity index (χ4v) is 12.7. The summed E-state index contributed by atoms with van der Waals surface area (Å²) in [5.74, 6) is -6.86. The van der Waals surface area contributed by atoms with Crippen LogP contribution < -0.4 is 14.4 Å². The maximum Gasteiger partial charge on any atom is 0.514 e. The lowest BCUT2D eigenvalue weighted by molar-refractivity contribution is -0.299. The van der Waals surface area contributed by atoms with Crippen LogP contribution in [0.15, 0.2) is 66.7 Å². The fourth-order valence-electron chi connectivity index (χ4n) is 11.7. The van der Waals surface area contributed by atoms with Crippen molar-refractivity contribution < 1.29 is 77.5 Å². The van der Waals surface area contributed by atoms with E-state index in [9.17, 15) is 39.6 Å². The highest BCUT2D eigenvalue weighted by molar-refractivity contribution is 6.53. The van der Waals surface area contributed by atoms with E-state index in [0.29, 0.717) is 11.3 Å². The topological polar surface area (TPSA) is 226 Å². The summed E-state index contributed by atoms with van der Waals surface area (Å²) in [6.45, 7) is 13.6. The molecule has 0 bridgehead atoms. The molecule has 4 aromatic carbocycles. The van der Waals surface area contributed by atoms with Crippen LogP contribution in [0.1, 0.15) is 109 Å². The quantitative estimate of drug-likeness (QED) is 0.0423. The second-order valence-corrected chi connectivity index (χ2v) is 23.2. The molecule has 17 nitrogen and oxygen atoms in total. The van der Waals surface area contributed by atoms with Gasteiger partial charge in [0.25, 0.3) is 0 Å². The van der Waals surface area contributed by atoms with Gasteiger partial charge in [0.15, 0.2) is 11.9 Å². The van der Waals surface area contributed by atoms with Gasteiger partial charge >= 0.3 is 18.1 Å². The Morgan fingerprint density at radius 3 is 2.06 bits per heavy atom. The average molecular weight is 1160 g/mol.